The fourth-order valence-corrected chi connectivity index (χ4v) is 2.34. The Morgan fingerprint density at radius 1 is 1.35 bits per heavy atom. The van der Waals surface area contributed by atoms with Gasteiger partial charge in [0.2, 0.25) is 0 Å². The van der Waals surface area contributed by atoms with Crippen LogP contribution in [0, 0.1) is 11.7 Å². The van der Waals surface area contributed by atoms with E-state index in [0.29, 0.717) is 18.0 Å². The van der Waals surface area contributed by atoms with Gasteiger partial charge in [-0.1, -0.05) is 0 Å². The van der Waals surface area contributed by atoms with E-state index in [4.69, 9.17) is 0 Å². The van der Waals surface area contributed by atoms with Gasteiger partial charge in [0.05, 0.1) is 6.10 Å². The first-order valence-electron chi connectivity index (χ1n) is 6.01. The normalized spacial score (nSPS) is 24.1. The minimum Gasteiger partial charge on any atom is -0.508 e. The van der Waals surface area contributed by atoms with E-state index in [0.717, 1.165) is 25.8 Å². The third-order valence-electron chi connectivity index (χ3n) is 3.30. The number of halogens is 1. The molecule has 0 heterocycles. The Labute approximate surface area is 100 Å². The van der Waals surface area contributed by atoms with Crippen molar-refractivity contribution in [3.8, 4) is 5.75 Å². The fourth-order valence-electron chi connectivity index (χ4n) is 2.34. The quantitative estimate of drug-likeness (QED) is 0.750. The summed E-state index contributed by atoms with van der Waals surface area (Å²) in [5.74, 6) is 0.266. The molecule has 1 fully saturated rings. The van der Waals surface area contributed by atoms with Crippen molar-refractivity contribution < 1.29 is 14.6 Å². The largest absolute Gasteiger partial charge is 0.508 e. The van der Waals surface area contributed by atoms with Gasteiger partial charge in [-0.2, -0.15) is 0 Å². The van der Waals surface area contributed by atoms with Gasteiger partial charge in [0.25, 0.3) is 0 Å². The summed E-state index contributed by atoms with van der Waals surface area (Å²) in [4.78, 5) is 0. The Morgan fingerprint density at radius 2 is 2.18 bits per heavy atom. The van der Waals surface area contributed by atoms with Crippen LogP contribution in [0.1, 0.15) is 24.8 Å². The maximum atomic E-state index is 13.0. The van der Waals surface area contributed by atoms with Crippen molar-refractivity contribution in [1.82, 2.24) is 5.32 Å². The highest BCUT2D eigenvalue weighted by molar-refractivity contribution is 5.32. The third-order valence-corrected chi connectivity index (χ3v) is 3.30. The van der Waals surface area contributed by atoms with Crippen molar-refractivity contribution in [1.29, 1.82) is 0 Å². The molecule has 2 atom stereocenters. The molecule has 0 radical (unpaired) electrons. The molecule has 3 nitrogen and oxygen atoms in total. The van der Waals surface area contributed by atoms with Crippen LogP contribution in [0.4, 0.5) is 4.39 Å². The number of hydrogen-bond acceptors (Lipinski definition) is 3. The summed E-state index contributed by atoms with van der Waals surface area (Å²) in [6, 6.07) is 3.95. The van der Waals surface area contributed by atoms with Crippen molar-refractivity contribution in [2.24, 2.45) is 5.92 Å². The second-order valence-electron chi connectivity index (χ2n) is 4.74. The number of benzene rings is 1. The minimum atomic E-state index is -0.337. The van der Waals surface area contributed by atoms with Gasteiger partial charge in [0.1, 0.15) is 11.6 Å². The number of rotatable bonds is 4. The molecule has 1 aromatic carbocycles. The summed E-state index contributed by atoms with van der Waals surface area (Å²) in [7, 11) is 0. The zero-order chi connectivity index (χ0) is 12.3. The molecule has 0 spiro atoms. The first kappa shape index (κ1) is 12.3. The molecule has 1 aliphatic carbocycles. The van der Waals surface area contributed by atoms with Crippen molar-refractivity contribution in [3.63, 3.8) is 0 Å². The van der Waals surface area contributed by atoms with E-state index in [2.05, 4.69) is 5.32 Å². The first-order chi connectivity index (χ1) is 8.15. The van der Waals surface area contributed by atoms with Crippen molar-refractivity contribution in [2.75, 3.05) is 6.54 Å². The topological polar surface area (TPSA) is 52.5 Å². The molecular weight excluding hydrogens is 221 g/mol. The highest BCUT2D eigenvalue weighted by Crippen LogP contribution is 2.25. The summed E-state index contributed by atoms with van der Waals surface area (Å²) in [6.07, 6.45) is 2.58. The molecule has 1 aliphatic rings. The highest BCUT2D eigenvalue weighted by Gasteiger charge is 2.22. The molecule has 94 valence electrons. The van der Waals surface area contributed by atoms with Crippen LogP contribution in [0.2, 0.25) is 0 Å². The molecule has 0 bridgehead atoms. The number of phenolic OH excluding ortho intramolecular Hbond substituents is 1. The highest BCUT2D eigenvalue weighted by atomic mass is 19.1. The Kier molecular flexibility index (Phi) is 3.97. The minimum absolute atomic E-state index is 0.116. The van der Waals surface area contributed by atoms with Crippen molar-refractivity contribution in [2.45, 2.75) is 31.9 Å². The summed E-state index contributed by atoms with van der Waals surface area (Å²) < 4.78 is 13.0. The van der Waals surface area contributed by atoms with E-state index >= 15 is 0 Å². The summed E-state index contributed by atoms with van der Waals surface area (Å²) in [5, 5.41) is 22.1. The Balaban J connectivity index is 1.80. The first-order valence-corrected chi connectivity index (χ1v) is 6.01. The maximum Gasteiger partial charge on any atom is 0.123 e. The van der Waals surface area contributed by atoms with E-state index in [9.17, 15) is 14.6 Å². The third kappa shape index (κ3) is 3.41. The zero-order valence-electron chi connectivity index (χ0n) is 9.69. The van der Waals surface area contributed by atoms with Crippen LogP contribution in [0.5, 0.6) is 5.75 Å². The molecule has 1 saturated carbocycles. The number of hydrogen-bond donors (Lipinski definition) is 3. The van der Waals surface area contributed by atoms with Gasteiger partial charge >= 0.3 is 0 Å². The molecule has 0 aromatic heterocycles. The molecular formula is C13H18FNO2. The lowest BCUT2D eigenvalue weighted by atomic mass is 10.1. The second kappa shape index (κ2) is 5.47. The fraction of sp³-hybridized carbons (Fsp3) is 0.538. The summed E-state index contributed by atoms with van der Waals surface area (Å²) in [6.45, 7) is 1.25. The average Bonchev–Trinajstić information content (AvgIpc) is 2.69. The van der Waals surface area contributed by atoms with Crippen molar-refractivity contribution in [3.05, 3.63) is 29.6 Å². The van der Waals surface area contributed by atoms with Crippen LogP contribution in [-0.4, -0.2) is 22.9 Å². The Hall–Kier alpha value is -1.13. The molecule has 17 heavy (non-hydrogen) atoms. The van der Waals surface area contributed by atoms with Gasteiger partial charge in [-0.3, -0.25) is 0 Å². The van der Waals surface area contributed by atoms with E-state index in [-0.39, 0.29) is 17.7 Å². The monoisotopic (exact) mass is 239 g/mol. The smallest absolute Gasteiger partial charge is 0.123 e. The molecule has 4 heteroatoms. The number of aliphatic hydroxyl groups is 1. The second-order valence-corrected chi connectivity index (χ2v) is 4.74. The molecule has 3 N–H and O–H groups in total. The lowest BCUT2D eigenvalue weighted by Crippen LogP contribution is -2.21. The van der Waals surface area contributed by atoms with Gasteiger partial charge in [-0.25, -0.2) is 4.39 Å². The van der Waals surface area contributed by atoms with Crippen LogP contribution < -0.4 is 5.32 Å². The molecule has 0 saturated heterocycles. The standard InChI is InChI=1S/C13H18FNO2/c14-11-2-4-13(17)10(6-11)8-15-7-9-1-3-12(16)5-9/h2,4,6,9,12,15-17H,1,3,5,7-8H2. The molecule has 0 amide bonds. The number of nitrogens with one attached hydrogen (secondary N) is 1. The number of aliphatic hydroxyl groups excluding tert-OH is 1. The lowest BCUT2D eigenvalue weighted by Gasteiger charge is -2.11. The summed E-state index contributed by atoms with van der Waals surface area (Å²) >= 11 is 0. The Bertz CT molecular complexity index is 384. The summed E-state index contributed by atoms with van der Waals surface area (Å²) in [5.41, 5.74) is 0.573. The van der Waals surface area contributed by atoms with Crippen LogP contribution in [0.3, 0.4) is 0 Å². The van der Waals surface area contributed by atoms with Crippen molar-refractivity contribution >= 4 is 0 Å². The molecule has 2 unspecified atom stereocenters. The molecule has 1 aromatic rings. The zero-order valence-corrected chi connectivity index (χ0v) is 9.69. The molecule has 0 aliphatic heterocycles. The van der Waals surface area contributed by atoms with Crippen LogP contribution in [-0.2, 0) is 6.54 Å². The SMILES string of the molecule is Oc1ccc(F)cc1CNCC1CCC(O)C1. The lowest BCUT2D eigenvalue weighted by molar-refractivity contribution is 0.177. The maximum absolute atomic E-state index is 13.0. The molecule has 2 rings (SSSR count). The van der Waals surface area contributed by atoms with E-state index in [1.807, 2.05) is 0 Å². The van der Waals surface area contributed by atoms with E-state index < -0.39 is 0 Å². The van der Waals surface area contributed by atoms with Crippen LogP contribution in [0.25, 0.3) is 0 Å². The number of phenols is 1. The number of aromatic hydroxyl groups is 1. The van der Waals surface area contributed by atoms with Gasteiger partial charge in [0.15, 0.2) is 0 Å². The van der Waals surface area contributed by atoms with Crippen LogP contribution >= 0.6 is 0 Å². The predicted octanol–water partition coefficient (Wildman–Crippen LogP) is 1.78. The van der Waals surface area contributed by atoms with E-state index in [1.165, 1.54) is 18.2 Å². The van der Waals surface area contributed by atoms with Crippen LogP contribution in [0.15, 0.2) is 18.2 Å². The van der Waals surface area contributed by atoms with Gasteiger partial charge in [-0.15, -0.1) is 0 Å². The van der Waals surface area contributed by atoms with Gasteiger partial charge in [0, 0.05) is 12.1 Å². The Morgan fingerprint density at radius 3 is 2.88 bits per heavy atom. The average molecular weight is 239 g/mol. The predicted molar refractivity (Wildman–Crippen MR) is 63.1 cm³/mol. The van der Waals surface area contributed by atoms with E-state index in [1.54, 1.807) is 0 Å². The van der Waals surface area contributed by atoms with Gasteiger partial charge in [-0.05, 0) is 49.9 Å². The van der Waals surface area contributed by atoms with Gasteiger partial charge < -0.3 is 15.5 Å².